The average Bonchev–Trinajstić information content (AvgIpc) is 2.36. The predicted octanol–water partition coefficient (Wildman–Crippen LogP) is 4.21. The Hall–Kier alpha value is -0.490. The van der Waals surface area contributed by atoms with Crippen LogP contribution in [0.3, 0.4) is 0 Å². The molecule has 0 fully saturated rings. The molecule has 8 heteroatoms. The molecule has 1 N–H and O–H groups in total. The number of nitrogens with one attached hydrogen (secondary N) is 1. The van der Waals surface area contributed by atoms with Crippen LogP contribution in [0.15, 0.2) is 11.0 Å². The minimum absolute atomic E-state index is 0.0245. The Morgan fingerprint density at radius 3 is 2.40 bits per heavy atom. The zero-order chi connectivity index (χ0) is 15.7. The van der Waals surface area contributed by atoms with E-state index in [-0.39, 0.29) is 38.0 Å². The molecule has 0 radical (unpaired) electrons. The topological polar surface area (TPSA) is 63.2 Å². The van der Waals surface area contributed by atoms with Crippen molar-refractivity contribution >= 4 is 54.5 Å². The van der Waals surface area contributed by atoms with Crippen molar-refractivity contribution in [1.82, 2.24) is 0 Å². The molecule has 0 aliphatic carbocycles. The van der Waals surface area contributed by atoms with Gasteiger partial charge < -0.3 is 5.32 Å². The maximum Gasteiger partial charge on any atom is 0.261 e. The molecule has 1 atom stereocenters. The largest absolute Gasteiger partial charge is 0.323 e. The molecule has 1 aromatic carbocycles. The number of carbonyl (C=O) groups is 1. The lowest BCUT2D eigenvalue weighted by molar-refractivity contribution is -0.119. The normalized spacial score (nSPS) is 13.1. The molecule has 4 nitrogen and oxygen atoms in total. The quantitative estimate of drug-likeness (QED) is 0.820. The van der Waals surface area contributed by atoms with Gasteiger partial charge in [0.1, 0.15) is 0 Å². The van der Waals surface area contributed by atoms with E-state index >= 15 is 0 Å². The van der Waals surface area contributed by atoms with E-state index < -0.39 is 9.05 Å². The Labute approximate surface area is 132 Å². The summed E-state index contributed by atoms with van der Waals surface area (Å²) in [6.45, 7) is 5.14. The number of anilines is 1. The summed E-state index contributed by atoms with van der Waals surface area (Å²) < 4.78 is 22.8. The van der Waals surface area contributed by atoms with Gasteiger partial charge in [0.05, 0.1) is 20.6 Å². The molecule has 0 aliphatic rings. The third-order valence-electron chi connectivity index (χ3n) is 2.99. The number of rotatable bonds is 4. The van der Waals surface area contributed by atoms with Crippen molar-refractivity contribution < 1.29 is 13.2 Å². The Bertz CT molecular complexity index is 644. The molecule has 1 aromatic rings. The van der Waals surface area contributed by atoms with E-state index in [4.69, 9.17) is 33.9 Å². The molecule has 0 spiro atoms. The van der Waals surface area contributed by atoms with Gasteiger partial charge in [-0.05, 0) is 25.0 Å². The summed E-state index contributed by atoms with van der Waals surface area (Å²) in [5.41, 5.74) is 0.436. The fourth-order valence-electron chi connectivity index (χ4n) is 1.50. The van der Waals surface area contributed by atoms with Crippen LogP contribution >= 0.6 is 33.9 Å². The minimum atomic E-state index is -3.95. The number of hydrogen-bond acceptors (Lipinski definition) is 3. The van der Waals surface area contributed by atoms with Gasteiger partial charge in [0.2, 0.25) is 5.91 Å². The highest BCUT2D eigenvalue weighted by atomic mass is 35.7. The van der Waals surface area contributed by atoms with Crippen LogP contribution in [-0.2, 0) is 13.8 Å². The molecule has 1 rings (SSSR count). The van der Waals surface area contributed by atoms with Crippen LogP contribution in [0.5, 0.6) is 0 Å². The average molecular weight is 359 g/mol. The standard InChI is InChI=1S/C12H14Cl3NO3S/c1-4-6(2)12(17)16-11-8(13)5-9(20(15,18)19)7(3)10(11)14/h5-6H,4H2,1-3H3,(H,16,17). The van der Waals surface area contributed by atoms with Crippen LogP contribution in [0.25, 0.3) is 0 Å². The van der Waals surface area contributed by atoms with E-state index in [0.717, 1.165) is 0 Å². The Morgan fingerprint density at radius 2 is 1.95 bits per heavy atom. The molecule has 0 saturated heterocycles. The van der Waals surface area contributed by atoms with Gasteiger partial charge >= 0.3 is 0 Å². The highest BCUT2D eigenvalue weighted by Crippen LogP contribution is 2.38. The molecule has 20 heavy (non-hydrogen) atoms. The number of halogens is 3. The Balaban J connectivity index is 3.32. The van der Waals surface area contributed by atoms with Crippen LogP contribution in [0, 0.1) is 12.8 Å². The van der Waals surface area contributed by atoms with E-state index in [9.17, 15) is 13.2 Å². The minimum Gasteiger partial charge on any atom is -0.323 e. The molecular weight excluding hydrogens is 345 g/mol. The lowest BCUT2D eigenvalue weighted by atomic mass is 10.1. The van der Waals surface area contributed by atoms with Gasteiger partial charge in [0.15, 0.2) is 0 Å². The first kappa shape index (κ1) is 17.6. The second-order valence-electron chi connectivity index (χ2n) is 4.41. The summed E-state index contributed by atoms with van der Waals surface area (Å²) in [5, 5.41) is 2.70. The third kappa shape index (κ3) is 3.79. The maximum absolute atomic E-state index is 11.9. The Morgan fingerprint density at radius 1 is 1.40 bits per heavy atom. The van der Waals surface area contributed by atoms with Crippen molar-refractivity contribution in [2.24, 2.45) is 5.92 Å². The van der Waals surface area contributed by atoms with Crippen molar-refractivity contribution in [3.63, 3.8) is 0 Å². The molecular formula is C12H14Cl3NO3S. The third-order valence-corrected chi connectivity index (χ3v) is 5.20. The van der Waals surface area contributed by atoms with Crippen molar-refractivity contribution in [3.8, 4) is 0 Å². The summed E-state index contributed by atoms with van der Waals surface area (Å²) in [6, 6.07) is 1.18. The zero-order valence-electron chi connectivity index (χ0n) is 11.1. The van der Waals surface area contributed by atoms with E-state index in [0.29, 0.717) is 6.42 Å². The second-order valence-corrected chi connectivity index (χ2v) is 7.73. The molecule has 0 bridgehead atoms. The van der Waals surface area contributed by atoms with E-state index in [1.54, 1.807) is 6.92 Å². The molecule has 1 unspecified atom stereocenters. The molecule has 112 valence electrons. The maximum atomic E-state index is 11.9. The van der Waals surface area contributed by atoms with E-state index in [1.165, 1.54) is 13.0 Å². The molecule has 0 aromatic heterocycles. The zero-order valence-corrected chi connectivity index (χ0v) is 14.2. The van der Waals surface area contributed by atoms with Gasteiger partial charge in [0.25, 0.3) is 9.05 Å². The predicted molar refractivity (Wildman–Crippen MR) is 82.3 cm³/mol. The molecule has 0 heterocycles. The smallest absolute Gasteiger partial charge is 0.261 e. The molecule has 0 saturated carbocycles. The number of hydrogen-bond donors (Lipinski definition) is 1. The van der Waals surface area contributed by atoms with Crippen LogP contribution in [0.2, 0.25) is 10.0 Å². The lowest BCUT2D eigenvalue weighted by Gasteiger charge is -2.15. The van der Waals surface area contributed by atoms with Crippen LogP contribution in [-0.4, -0.2) is 14.3 Å². The highest BCUT2D eigenvalue weighted by molar-refractivity contribution is 8.13. The SMILES string of the molecule is CCC(C)C(=O)Nc1c(Cl)cc(S(=O)(=O)Cl)c(C)c1Cl. The lowest BCUT2D eigenvalue weighted by Crippen LogP contribution is -2.20. The summed E-state index contributed by atoms with van der Waals surface area (Å²) in [6.07, 6.45) is 0.661. The summed E-state index contributed by atoms with van der Waals surface area (Å²) in [5.74, 6) is -0.448. The second kappa shape index (κ2) is 6.52. The van der Waals surface area contributed by atoms with Crippen LogP contribution < -0.4 is 5.32 Å². The van der Waals surface area contributed by atoms with Crippen molar-refractivity contribution in [1.29, 1.82) is 0 Å². The van der Waals surface area contributed by atoms with Crippen molar-refractivity contribution in [2.75, 3.05) is 5.32 Å². The fraction of sp³-hybridized carbons (Fsp3) is 0.417. The van der Waals surface area contributed by atoms with Gasteiger partial charge in [-0.25, -0.2) is 8.42 Å². The van der Waals surface area contributed by atoms with Crippen LogP contribution in [0.1, 0.15) is 25.8 Å². The van der Waals surface area contributed by atoms with Gasteiger partial charge in [-0.15, -0.1) is 0 Å². The number of amides is 1. The first-order chi connectivity index (χ1) is 9.09. The summed E-state index contributed by atoms with van der Waals surface area (Å²) in [4.78, 5) is 11.7. The summed E-state index contributed by atoms with van der Waals surface area (Å²) >= 11 is 12.1. The van der Waals surface area contributed by atoms with Crippen molar-refractivity contribution in [3.05, 3.63) is 21.7 Å². The molecule has 0 aliphatic heterocycles. The van der Waals surface area contributed by atoms with E-state index in [2.05, 4.69) is 5.32 Å². The van der Waals surface area contributed by atoms with Crippen molar-refractivity contribution in [2.45, 2.75) is 32.1 Å². The highest BCUT2D eigenvalue weighted by Gasteiger charge is 2.22. The van der Waals surface area contributed by atoms with Gasteiger partial charge in [-0.3, -0.25) is 4.79 Å². The van der Waals surface area contributed by atoms with E-state index in [1.807, 2.05) is 6.92 Å². The van der Waals surface area contributed by atoms with Gasteiger partial charge in [-0.2, -0.15) is 0 Å². The summed E-state index contributed by atoms with van der Waals surface area (Å²) in [7, 11) is 1.35. The Kier molecular flexibility index (Phi) is 5.72. The number of benzene rings is 1. The van der Waals surface area contributed by atoms with Gasteiger partial charge in [0, 0.05) is 16.6 Å². The monoisotopic (exact) mass is 357 g/mol. The number of carbonyl (C=O) groups excluding carboxylic acids is 1. The fourth-order valence-corrected chi connectivity index (χ4v) is 3.37. The first-order valence-electron chi connectivity index (χ1n) is 5.83. The molecule has 1 amide bonds. The van der Waals surface area contributed by atoms with Gasteiger partial charge in [-0.1, -0.05) is 37.0 Å². The first-order valence-corrected chi connectivity index (χ1v) is 8.90. The van der Waals surface area contributed by atoms with Crippen LogP contribution in [0.4, 0.5) is 5.69 Å².